The predicted octanol–water partition coefficient (Wildman–Crippen LogP) is 9.48. The number of nitrogens with zero attached hydrogens (tertiary/aromatic N) is 10. The minimum atomic E-state index is -1.17. The Balaban J connectivity index is 0.000000207. The van der Waals surface area contributed by atoms with Gasteiger partial charge in [-0.05, 0) is 151 Å². The molecule has 408 valence electrons. The van der Waals surface area contributed by atoms with E-state index in [4.69, 9.17) is 29.3 Å². The molecule has 77 heavy (non-hydrogen) atoms. The van der Waals surface area contributed by atoms with E-state index in [0.717, 1.165) is 80.9 Å². The number of carboxylic acid groups (broad SMARTS) is 1. The zero-order chi connectivity index (χ0) is 55.3. The molecular weight excluding hydrogens is 991 g/mol. The van der Waals surface area contributed by atoms with E-state index in [2.05, 4.69) is 51.0 Å². The number of hydrogen-bond donors (Lipinski definition) is 3. The fraction of sp³-hybridized carbons (Fsp3) is 0.474. The highest BCUT2D eigenvalue weighted by molar-refractivity contribution is 5.85. The average molecular weight is 1060 g/mol. The predicted molar refractivity (Wildman–Crippen MR) is 284 cm³/mol. The van der Waals surface area contributed by atoms with Crippen LogP contribution in [0.1, 0.15) is 146 Å². The van der Waals surface area contributed by atoms with Crippen LogP contribution in [0.2, 0.25) is 0 Å². The van der Waals surface area contributed by atoms with Gasteiger partial charge in [0.25, 0.3) is 0 Å². The van der Waals surface area contributed by atoms with E-state index < -0.39 is 36.0 Å². The molecule has 4 aromatic heterocycles. The third-order valence-corrected chi connectivity index (χ3v) is 13.3. The number of aliphatic hydroxyl groups excluding tert-OH is 2. The zero-order valence-corrected chi connectivity index (χ0v) is 45.1. The van der Waals surface area contributed by atoms with E-state index in [-0.39, 0.29) is 54.5 Å². The normalized spacial score (nSPS) is 17.9. The molecule has 0 aliphatic carbocycles. The van der Waals surface area contributed by atoms with Crippen LogP contribution in [0.3, 0.4) is 0 Å². The Hall–Kier alpha value is -7.00. The number of tetrazole rings is 2. The average Bonchev–Trinajstić information content (AvgIpc) is 4.05. The SMILES string of the molecule is CC(C)c1nc2c(c(-c3ccc(F)cc3)c1/C=C/[C@@H](O)C[C@@H](O)CC(=O)O)CCCn1nnnc1-2.CC(C)c1nc2c(c(-c3ccc(F)cc3)c1/C=C/[C@@H]1C[C@H](CC(=O)OC(C)(C)C)OC(C)(C)O1)CCCn1nnnc1-2. The Morgan fingerprint density at radius 2 is 1.27 bits per heavy atom. The molecule has 9 rings (SSSR count). The van der Waals surface area contributed by atoms with Gasteiger partial charge in [0.1, 0.15) is 28.6 Å². The van der Waals surface area contributed by atoms with Crippen LogP contribution >= 0.6 is 0 Å². The molecule has 1 saturated heterocycles. The first kappa shape index (κ1) is 56.2. The fourth-order valence-electron chi connectivity index (χ4n) is 10.2. The second-order valence-corrected chi connectivity index (χ2v) is 21.8. The van der Waals surface area contributed by atoms with Crippen LogP contribution in [0.4, 0.5) is 8.78 Å². The maximum atomic E-state index is 14.0. The number of benzene rings is 2. The Kier molecular flexibility index (Phi) is 17.3. The summed E-state index contributed by atoms with van der Waals surface area (Å²) in [5, 5.41) is 53.8. The number of aryl methyl sites for hydroxylation is 2. The summed E-state index contributed by atoms with van der Waals surface area (Å²) < 4.78 is 49.3. The number of carbonyl (C=O) groups is 2. The number of halogens is 2. The van der Waals surface area contributed by atoms with Crippen LogP contribution in [0.15, 0.2) is 60.7 Å². The van der Waals surface area contributed by atoms with Crippen molar-refractivity contribution in [1.29, 1.82) is 0 Å². The number of aliphatic hydroxyl groups is 2. The maximum Gasteiger partial charge on any atom is 0.308 e. The summed E-state index contributed by atoms with van der Waals surface area (Å²) in [5.41, 5.74) is 9.79. The summed E-state index contributed by atoms with van der Waals surface area (Å²) in [4.78, 5) is 33.6. The highest BCUT2D eigenvalue weighted by Crippen LogP contribution is 2.42. The van der Waals surface area contributed by atoms with E-state index in [1.807, 2.05) is 66.7 Å². The summed E-state index contributed by atoms with van der Waals surface area (Å²) in [6.45, 7) is 18.8. The third kappa shape index (κ3) is 13.8. The number of hydrogen-bond acceptors (Lipinski definition) is 15. The van der Waals surface area contributed by atoms with E-state index in [1.54, 1.807) is 27.6 Å². The summed E-state index contributed by atoms with van der Waals surface area (Å²) >= 11 is 0. The smallest absolute Gasteiger partial charge is 0.308 e. The van der Waals surface area contributed by atoms with E-state index in [9.17, 15) is 28.6 Å². The molecule has 0 saturated carbocycles. The maximum absolute atomic E-state index is 14.0. The highest BCUT2D eigenvalue weighted by atomic mass is 19.1. The van der Waals surface area contributed by atoms with Crippen LogP contribution < -0.4 is 0 Å². The molecule has 7 heterocycles. The Bertz CT molecular complexity index is 3130. The molecule has 0 bridgehead atoms. The summed E-state index contributed by atoms with van der Waals surface area (Å²) in [6, 6.07) is 12.8. The Morgan fingerprint density at radius 3 is 1.74 bits per heavy atom. The van der Waals surface area contributed by atoms with Gasteiger partial charge in [0.15, 0.2) is 5.79 Å². The van der Waals surface area contributed by atoms with Crippen molar-refractivity contribution < 1.29 is 47.9 Å². The lowest BCUT2D eigenvalue weighted by atomic mass is 9.87. The molecule has 20 heteroatoms. The zero-order valence-electron chi connectivity index (χ0n) is 45.1. The van der Waals surface area contributed by atoms with Gasteiger partial charge in [-0.25, -0.2) is 28.1 Å². The number of carbonyl (C=O) groups excluding carboxylic acids is 1. The van der Waals surface area contributed by atoms with Crippen molar-refractivity contribution in [1.82, 2.24) is 50.4 Å². The molecule has 0 radical (unpaired) electrons. The number of fused-ring (bicyclic) bond motifs is 6. The van der Waals surface area contributed by atoms with Gasteiger partial charge in [-0.2, -0.15) is 0 Å². The number of carboxylic acids is 1. The number of ether oxygens (including phenoxy) is 3. The van der Waals surface area contributed by atoms with Crippen LogP contribution in [-0.4, -0.2) is 113 Å². The van der Waals surface area contributed by atoms with Gasteiger partial charge in [-0.3, -0.25) is 9.59 Å². The topological polar surface area (TPSA) is 235 Å². The molecule has 3 N–H and O–H groups in total. The van der Waals surface area contributed by atoms with Gasteiger partial charge in [0.05, 0.1) is 48.6 Å². The fourth-order valence-corrected chi connectivity index (χ4v) is 10.2. The second-order valence-electron chi connectivity index (χ2n) is 21.8. The largest absolute Gasteiger partial charge is 0.481 e. The highest BCUT2D eigenvalue weighted by Gasteiger charge is 2.37. The van der Waals surface area contributed by atoms with Crippen molar-refractivity contribution >= 4 is 24.1 Å². The first-order valence-corrected chi connectivity index (χ1v) is 26.2. The molecule has 1 fully saturated rings. The quantitative estimate of drug-likeness (QED) is 0.0861. The molecule has 3 aliphatic heterocycles. The first-order valence-electron chi connectivity index (χ1n) is 26.2. The minimum Gasteiger partial charge on any atom is -0.481 e. The van der Waals surface area contributed by atoms with Gasteiger partial charge in [-0.15, -0.1) is 10.2 Å². The Labute approximate surface area is 446 Å². The molecule has 18 nitrogen and oxygen atoms in total. The number of esters is 1. The van der Waals surface area contributed by atoms with E-state index in [0.29, 0.717) is 43.3 Å². The van der Waals surface area contributed by atoms with Crippen molar-refractivity contribution in [2.75, 3.05) is 0 Å². The van der Waals surface area contributed by atoms with Crippen molar-refractivity contribution in [2.24, 2.45) is 0 Å². The lowest BCUT2D eigenvalue weighted by Gasteiger charge is -2.39. The summed E-state index contributed by atoms with van der Waals surface area (Å²) in [5.74, 6) is -1.66. The van der Waals surface area contributed by atoms with Crippen molar-refractivity contribution in [3.8, 4) is 45.3 Å². The van der Waals surface area contributed by atoms with Gasteiger partial charge < -0.3 is 29.5 Å². The van der Waals surface area contributed by atoms with Crippen molar-refractivity contribution in [3.05, 3.63) is 106 Å². The van der Waals surface area contributed by atoms with E-state index in [1.165, 1.54) is 30.3 Å². The van der Waals surface area contributed by atoms with Crippen molar-refractivity contribution in [3.63, 3.8) is 0 Å². The molecule has 4 atom stereocenters. The number of aliphatic carboxylic acids is 1. The van der Waals surface area contributed by atoms with Gasteiger partial charge >= 0.3 is 11.9 Å². The van der Waals surface area contributed by atoms with Gasteiger partial charge in [0, 0.05) is 37.1 Å². The standard InChI is InChI=1S/C32H40FN5O4.C25H28FN5O4/c1-19(2)28-25(15-14-22-17-23(41-32(6,7)40-22)18-26(39)42-31(3,4)5)27(20-10-12-21(33)13-11-20)24-9-8-16-38-30(29(24)34-28)35-36-37-38;1-14(2)23-20(10-9-17(32)12-18(33)13-21(34)35)22(15-5-7-16(26)8-6-15)19-4-3-11-31-25(24(19)27-23)28-29-30-31/h10-15,19,22-23H,8-9,16-18H2,1-7H3;5-10,14,17-18,32-33H,3-4,11-13H2,1-2H3,(H,34,35)/b15-14+;10-9+/t22-,23-;17-,18-/m11/s1. The van der Waals surface area contributed by atoms with Gasteiger partial charge in [0.2, 0.25) is 11.6 Å². The van der Waals surface area contributed by atoms with Crippen LogP contribution in [-0.2, 0) is 49.7 Å². The molecule has 2 aromatic carbocycles. The third-order valence-electron chi connectivity index (χ3n) is 13.3. The number of pyridine rings is 2. The first-order chi connectivity index (χ1) is 36.5. The van der Waals surface area contributed by atoms with Gasteiger partial charge in [-0.1, -0.05) is 76.3 Å². The molecule has 0 spiro atoms. The number of rotatable bonds is 14. The van der Waals surface area contributed by atoms with Crippen molar-refractivity contribution in [2.45, 2.75) is 174 Å². The van der Waals surface area contributed by atoms with E-state index >= 15 is 0 Å². The molecule has 0 amide bonds. The molecule has 6 aromatic rings. The van der Waals surface area contributed by atoms with Crippen LogP contribution in [0.5, 0.6) is 0 Å². The summed E-state index contributed by atoms with van der Waals surface area (Å²) in [7, 11) is 0. The lowest BCUT2D eigenvalue weighted by molar-refractivity contribution is -0.290. The number of aromatic nitrogens is 10. The molecule has 3 aliphatic rings. The monoisotopic (exact) mass is 1060 g/mol. The summed E-state index contributed by atoms with van der Waals surface area (Å²) in [6.07, 6.45) is 7.64. The minimum absolute atomic E-state index is 0.00137. The second kappa shape index (κ2) is 23.7. The lowest BCUT2D eigenvalue weighted by Crippen LogP contribution is -2.45. The van der Waals surface area contributed by atoms with Crippen LogP contribution in [0.25, 0.3) is 57.4 Å². The molecular formula is C57H68F2N10O8. The Morgan fingerprint density at radius 1 is 0.779 bits per heavy atom. The van der Waals surface area contributed by atoms with Crippen LogP contribution in [0, 0.1) is 11.6 Å². The molecule has 0 unspecified atom stereocenters.